The molecule has 0 saturated heterocycles. The molecule has 2 amide bonds. The van der Waals surface area contributed by atoms with E-state index in [1.807, 2.05) is 43.2 Å². The monoisotopic (exact) mass is 351 g/mol. The van der Waals surface area contributed by atoms with Crippen molar-refractivity contribution in [3.63, 3.8) is 0 Å². The molecule has 6 nitrogen and oxygen atoms in total. The zero-order valence-corrected chi connectivity index (χ0v) is 15.2. The summed E-state index contributed by atoms with van der Waals surface area (Å²) in [5, 5.41) is 14.8. The molecule has 3 N–H and O–H groups in total. The van der Waals surface area contributed by atoms with Crippen LogP contribution in [0.15, 0.2) is 23.1 Å². The maximum atomic E-state index is 12.2. The van der Waals surface area contributed by atoms with Gasteiger partial charge in [0.1, 0.15) is 0 Å². The Kier molecular flexibility index (Phi) is 6.51. The van der Waals surface area contributed by atoms with E-state index in [2.05, 4.69) is 10.6 Å². The topological polar surface area (TPSA) is 81.7 Å². The highest BCUT2D eigenvalue weighted by molar-refractivity contribution is 7.98. The predicted molar refractivity (Wildman–Crippen MR) is 96.8 cm³/mol. The molecule has 1 aliphatic carbocycles. The van der Waals surface area contributed by atoms with Crippen molar-refractivity contribution < 1.29 is 14.7 Å². The lowest BCUT2D eigenvalue weighted by Crippen LogP contribution is -2.55. The number of hydrogen-bond donors (Lipinski definition) is 3. The number of likely N-dealkylation sites (N-methyl/N-ethyl adjacent to an activating group) is 1. The molecule has 0 bridgehead atoms. The maximum absolute atomic E-state index is 12.2. The summed E-state index contributed by atoms with van der Waals surface area (Å²) in [4.78, 5) is 26.1. The Morgan fingerprint density at radius 2 is 2.08 bits per heavy atom. The molecule has 0 heterocycles. The third-order valence-corrected chi connectivity index (χ3v) is 5.34. The van der Waals surface area contributed by atoms with Crippen LogP contribution in [0.4, 0.5) is 10.5 Å². The van der Waals surface area contributed by atoms with Gasteiger partial charge in [-0.2, -0.15) is 0 Å². The number of carbonyl (C=O) groups is 2. The Bertz CT molecular complexity index is 603. The molecule has 132 valence electrons. The fraction of sp³-hybridized carbons (Fsp3) is 0.529. The molecule has 0 radical (unpaired) electrons. The number of nitrogens with one attached hydrogen (secondary N) is 2. The zero-order valence-electron chi connectivity index (χ0n) is 14.3. The van der Waals surface area contributed by atoms with Crippen molar-refractivity contribution in [3.8, 4) is 0 Å². The highest BCUT2D eigenvalue weighted by atomic mass is 32.2. The second-order valence-electron chi connectivity index (χ2n) is 6.01. The minimum absolute atomic E-state index is 0.0563. The fourth-order valence-corrected chi connectivity index (χ4v) is 3.62. The quantitative estimate of drug-likeness (QED) is 0.658. The molecule has 24 heavy (non-hydrogen) atoms. The van der Waals surface area contributed by atoms with Crippen LogP contribution in [-0.2, 0) is 4.79 Å². The van der Waals surface area contributed by atoms with Crippen molar-refractivity contribution in [1.82, 2.24) is 10.2 Å². The second kappa shape index (κ2) is 8.39. The van der Waals surface area contributed by atoms with Gasteiger partial charge in [-0.25, -0.2) is 4.79 Å². The number of carbonyl (C=O) groups excluding carboxylic acids is 1. The molecule has 7 heteroatoms. The first kappa shape index (κ1) is 18.6. The van der Waals surface area contributed by atoms with E-state index in [1.165, 1.54) is 0 Å². The van der Waals surface area contributed by atoms with Crippen molar-refractivity contribution in [1.29, 1.82) is 0 Å². The molecule has 1 aromatic carbocycles. The number of thioether (sulfide) groups is 1. The van der Waals surface area contributed by atoms with Crippen LogP contribution >= 0.6 is 11.8 Å². The van der Waals surface area contributed by atoms with Gasteiger partial charge in [0, 0.05) is 22.7 Å². The summed E-state index contributed by atoms with van der Waals surface area (Å²) in [5.74, 6) is -0.810. The normalized spacial score (nSPS) is 19.7. The maximum Gasteiger partial charge on any atom is 0.319 e. The molecular formula is C17H25N3O3S. The lowest BCUT2D eigenvalue weighted by Gasteiger charge is -2.42. The first-order chi connectivity index (χ1) is 11.4. The van der Waals surface area contributed by atoms with E-state index < -0.39 is 5.97 Å². The van der Waals surface area contributed by atoms with Crippen LogP contribution in [0.3, 0.4) is 0 Å². The second-order valence-corrected chi connectivity index (χ2v) is 6.86. The molecule has 1 fully saturated rings. The number of hydrogen-bond acceptors (Lipinski definition) is 4. The molecule has 0 spiro atoms. The van der Waals surface area contributed by atoms with E-state index in [9.17, 15) is 9.59 Å². The van der Waals surface area contributed by atoms with E-state index in [0.717, 1.165) is 29.0 Å². The Hall–Kier alpha value is -1.73. The summed E-state index contributed by atoms with van der Waals surface area (Å²) in [6.07, 6.45) is 3.59. The van der Waals surface area contributed by atoms with Gasteiger partial charge in [-0.05, 0) is 50.3 Å². The van der Waals surface area contributed by atoms with Crippen LogP contribution in [-0.4, -0.2) is 53.4 Å². The van der Waals surface area contributed by atoms with Gasteiger partial charge in [-0.3, -0.25) is 9.69 Å². The average Bonchev–Trinajstić information content (AvgIpc) is 2.50. The third kappa shape index (κ3) is 4.64. The van der Waals surface area contributed by atoms with E-state index in [-0.39, 0.29) is 24.7 Å². The molecule has 0 aromatic heterocycles. The van der Waals surface area contributed by atoms with Crippen molar-refractivity contribution in [2.45, 2.75) is 43.7 Å². The van der Waals surface area contributed by atoms with Crippen LogP contribution in [0.2, 0.25) is 0 Å². The smallest absolute Gasteiger partial charge is 0.319 e. The number of amides is 2. The summed E-state index contributed by atoms with van der Waals surface area (Å²) < 4.78 is 0. The molecular weight excluding hydrogens is 326 g/mol. The van der Waals surface area contributed by atoms with Crippen LogP contribution in [0.1, 0.15) is 25.3 Å². The largest absolute Gasteiger partial charge is 0.480 e. The fourth-order valence-electron chi connectivity index (χ4n) is 2.99. The van der Waals surface area contributed by atoms with Gasteiger partial charge in [0.15, 0.2) is 0 Å². The Balaban J connectivity index is 1.82. The van der Waals surface area contributed by atoms with Crippen LogP contribution in [0, 0.1) is 6.92 Å². The summed E-state index contributed by atoms with van der Waals surface area (Å²) in [5.41, 5.74) is 1.88. The molecule has 1 saturated carbocycles. The number of benzene rings is 1. The summed E-state index contributed by atoms with van der Waals surface area (Å²) in [6.45, 7) is 4.71. The van der Waals surface area contributed by atoms with Crippen LogP contribution in [0.5, 0.6) is 0 Å². The van der Waals surface area contributed by atoms with Gasteiger partial charge < -0.3 is 15.7 Å². The van der Waals surface area contributed by atoms with Crippen molar-refractivity contribution in [3.05, 3.63) is 23.8 Å². The highest BCUT2D eigenvalue weighted by Crippen LogP contribution is 2.27. The molecule has 0 atom stereocenters. The first-order valence-electron chi connectivity index (χ1n) is 8.11. The Morgan fingerprint density at radius 1 is 1.38 bits per heavy atom. The SMILES string of the molecule is CCN(CC(=O)O)C1CC(NC(=O)Nc2cccc(SC)c2C)C1. The number of rotatable bonds is 7. The number of anilines is 1. The van der Waals surface area contributed by atoms with Crippen LogP contribution in [0.25, 0.3) is 0 Å². The van der Waals surface area contributed by atoms with Gasteiger partial charge in [-0.1, -0.05) is 13.0 Å². The number of nitrogens with zero attached hydrogens (tertiary/aromatic N) is 1. The highest BCUT2D eigenvalue weighted by Gasteiger charge is 2.34. The summed E-state index contributed by atoms with van der Waals surface area (Å²) in [7, 11) is 0. The molecule has 1 aromatic rings. The average molecular weight is 351 g/mol. The number of aliphatic carboxylic acids is 1. The minimum Gasteiger partial charge on any atom is -0.480 e. The van der Waals surface area contributed by atoms with E-state index >= 15 is 0 Å². The first-order valence-corrected chi connectivity index (χ1v) is 9.34. The van der Waals surface area contributed by atoms with Crippen molar-refractivity contribution in [2.75, 3.05) is 24.7 Å². The standard InChI is InChI=1S/C17H25N3O3S/c1-4-20(10-16(21)22)13-8-12(9-13)18-17(23)19-14-6-5-7-15(24-3)11(14)2/h5-7,12-13H,4,8-10H2,1-3H3,(H,21,22)(H2,18,19,23). The zero-order chi connectivity index (χ0) is 17.7. The minimum atomic E-state index is -0.810. The van der Waals surface area contributed by atoms with Gasteiger partial charge in [-0.15, -0.1) is 11.8 Å². The van der Waals surface area contributed by atoms with Crippen LogP contribution < -0.4 is 10.6 Å². The van der Waals surface area contributed by atoms with Crippen molar-refractivity contribution >= 4 is 29.4 Å². The third-order valence-electron chi connectivity index (χ3n) is 4.46. The molecule has 0 unspecified atom stereocenters. The lowest BCUT2D eigenvalue weighted by atomic mass is 9.85. The van der Waals surface area contributed by atoms with Gasteiger partial charge in [0.2, 0.25) is 0 Å². The molecule has 1 aliphatic rings. The molecule has 0 aliphatic heterocycles. The summed E-state index contributed by atoms with van der Waals surface area (Å²) in [6, 6.07) is 5.98. The number of urea groups is 1. The van der Waals surface area contributed by atoms with Gasteiger partial charge in [0.05, 0.1) is 6.54 Å². The lowest BCUT2D eigenvalue weighted by molar-refractivity contribution is -0.139. The number of carboxylic acids is 1. The van der Waals surface area contributed by atoms with E-state index in [1.54, 1.807) is 11.8 Å². The Morgan fingerprint density at radius 3 is 2.67 bits per heavy atom. The van der Waals surface area contributed by atoms with E-state index in [0.29, 0.717) is 6.54 Å². The van der Waals surface area contributed by atoms with Gasteiger partial charge >= 0.3 is 12.0 Å². The Labute approximate surface area is 147 Å². The predicted octanol–water partition coefficient (Wildman–Crippen LogP) is 2.78. The van der Waals surface area contributed by atoms with E-state index in [4.69, 9.17) is 5.11 Å². The molecule has 2 rings (SSSR count). The van der Waals surface area contributed by atoms with Gasteiger partial charge in [0.25, 0.3) is 0 Å². The number of carboxylic acid groups (broad SMARTS) is 1. The summed E-state index contributed by atoms with van der Waals surface area (Å²) >= 11 is 1.65. The van der Waals surface area contributed by atoms with Crippen molar-refractivity contribution in [2.24, 2.45) is 0 Å².